The van der Waals surface area contributed by atoms with Crippen molar-refractivity contribution < 1.29 is 23.5 Å². The summed E-state index contributed by atoms with van der Waals surface area (Å²) in [5, 5.41) is 4.42. The summed E-state index contributed by atoms with van der Waals surface area (Å²) in [6.45, 7) is -0.224. The molecule has 3 rings (SSSR count). The first kappa shape index (κ1) is 20.6. The van der Waals surface area contributed by atoms with Crippen LogP contribution in [0.3, 0.4) is 0 Å². The fraction of sp³-hybridized carbons (Fsp3) is 0.0500. The summed E-state index contributed by atoms with van der Waals surface area (Å²) in [6, 6.07) is 14.7. The van der Waals surface area contributed by atoms with E-state index in [9.17, 15) is 9.59 Å². The predicted octanol–water partition coefficient (Wildman–Crippen LogP) is 4.44. The van der Waals surface area contributed by atoms with Crippen molar-refractivity contribution in [3.63, 3.8) is 0 Å². The van der Waals surface area contributed by atoms with E-state index in [0.717, 1.165) is 0 Å². The first-order valence-corrected chi connectivity index (χ1v) is 9.44. The van der Waals surface area contributed by atoms with Crippen LogP contribution in [0.1, 0.15) is 16.1 Å². The fourth-order valence-corrected chi connectivity index (χ4v) is 2.95. The standard InChI is InChI=1S/C20H14BrClN2O5/c21-16-10-14(22)6-7-17(16)28-12-19(25)24-23-11-13-3-1-4-15(9-13)29-20(26)18-5-2-8-27-18/h1-11H,12H2,(H,24,25)/b23-11-. The second-order valence-electron chi connectivity index (χ2n) is 5.60. The number of furan rings is 1. The molecule has 7 nitrogen and oxygen atoms in total. The number of hydrazone groups is 1. The number of carbonyl (C=O) groups is 2. The molecule has 1 amide bonds. The van der Waals surface area contributed by atoms with Crippen LogP contribution in [0.4, 0.5) is 0 Å². The summed E-state index contributed by atoms with van der Waals surface area (Å²) in [7, 11) is 0. The van der Waals surface area contributed by atoms with Crippen LogP contribution in [0.15, 0.2) is 74.9 Å². The van der Waals surface area contributed by atoms with Gasteiger partial charge in [0.05, 0.1) is 17.0 Å². The number of hydrogen-bond donors (Lipinski definition) is 1. The zero-order valence-corrected chi connectivity index (χ0v) is 17.1. The van der Waals surface area contributed by atoms with Crippen LogP contribution in [0.5, 0.6) is 11.5 Å². The number of esters is 1. The first-order valence-electron chi connectivity index (χ1n) is 8.27. The minimum atomic E-state index is -0.608. The van der Waals surface area contributed by atoms with Crippen molar-refractivity contribution in [3.05, 3.63) is 81.7 Å². The van der Waals surface area contributed by atoms with Crippen LogP contribution < -0.4 is 14.9 Å². The van der Waals surface area contributed by atoms with Gasteiger partial charge in [0.2, 0.25) is 5.76 Å². The van der Waals surface area contributed by atoms with Crippen molar-refractivity contribution in [1.29, 1.82) is 0 Å². The zero-order valence-electron chi connectivity index (χ0n) is 14.8. The summed E-state index contributed by atoms with van der Waals surface area (Å²) in [6.07, 6.45) is 2.80. The Morgan fingerprint density at radius 3 is 2.79 bits per heavy atom. The van der Waals surface area contributed by atoms with Crippen LogP contribution in [-0.4, -0.2) is 24.7 Å². The van der Waals surface area contributed by atoms with Crippen LogP contribution in [0, 0.1) is 0 Å². The number of amides is 1. The molecule has 0 saturated heterocycles. The van der Waals surface area contributed by atoms with Crippen LogP contribution >= 0.6 is 27.5 Å². The molecule has 0 radical (unpaired) electrons. The Bertz CT molecular complexity index is 1040. The van der Waals surface area contributed by atoms with Gasteiger partial charge in [0.25, 0.3) is 5.91 Å². The largest absolute Gasteiger partial charge is 0.483 e. The molecule has 1 N–H and O–H groups in total. The molecule has 1 aromatic heterocycles. The van der Waals surface area contributed by atoms with E-state index < -0.39 is 11.9 Å². The topological polar surface area (TPSA) is 90.1 Å². The summed E-state index contributed by atoms with van der Waals surface area (Å²) in [5.41, 5.74) is 2.98. The molecule has 0 aliphatic carbocycles. The van der Waals surface area contributed by atoms with Crippen molar-refractivity contribution in [3.8, 4) is 11.5 Å². The Kier molecular flexibility index (Phi) is 7.04. The molecular formula is C20H14BrClN2O5. The molecular weight excluding hydrogens is 464 g/mol. The maximum atomic E-state index is 11.9. The highest BCUT2D eigenvalue weighted by molar-refractivity contribution is 9.10. The summed E-state index contributed by atoms with van der Waals surface area (Å²) in [4.78, 5) is 23.7. The summed E-state index contributed by atoms with van der Waals surface area (Å²) >= 11 is 9.16. The van der Waals surface area contributed by atoms with Crippen LogP contribution in [0.2, 0.25) is 5.02 Å². The number of ether oxygens (including phenoxy) is 2. The van der Waals surface area contributed by atoms with E-state index in [0.29, 0.717) is 26.6 Å². The van der Waals surface area contributed by atoms with E-state index in [2.05, 4.69) is 26.5 Å². The van der Waals surface area contributed by atoms with E-state index in [-0.39, 0.29) is 12.4 Å². The molecule has 2 aromatic carbocycles. The highest BCUT2D eigenvalue weighted by Crippen LogP contribution is 2.27. The normalized spacial score (nSPS) is 10.7. The molecule has 1 heterocycles. The van der Waals surface area contributed by atoms with E-state index >= 15 is 0 Å². The summed E-state index contributed by atoms with van der Waals surface area (Å²) < 4.78 is 16.2. The van der Waals surface area contributed by atoms with Gasteiger partial charge in [-0.1, -0.05) is 23.7 Å². The molecule has 0 unspecified atom stereocenters. The lowest BCUT2D eigenvalue weighted by Gasteiger charge is -2.07. The lowest BCUT2D eigenvalue weighted by molar-refractivity contribution is -0.123. The molecule has 0 aliphatic rings. The third-order valence-electron chi connectivity index (χ3n) is 3.45. The molecule has 3 aromatic rings. The lowest BCUT2D eigenvalue weighted by atomic mass is 10.2. The Morgan fingerprint density at radius 1 is 1.17 bits per heavy atom. The number of carbonyl (C=O) groups excluding carboxylic acids is 2. The van der Waals surface area contributed by atoms with Gasteiger partial charge < -0.3 is 13.9 Å². The zero-order chi connectivity index (χ0) is 20.6. The predicted molar refractivity (Wildman–Crippen MR) is 110 cm³/mol. The van der Waals surface area contributed by atoms with Crippen LogP contribution in [-0.2, 0) is 4.79 Å². The Morgan fingerprint density at radius 2 is 2.03 bits per heavy atom. The van der Waals surface area contributed by atoms with E-state index in [4.69, 9.17) is 25.5 Å². The molecule has 9 heteroatoms. The Balaban J connectivity index is 1.50. The van der Waals surface area contributed by atoms with Crippen LogP contribution in [0.25, 0.3) is 0 Å². The second kappa shape index (κ2) is 9.90. The molecule has 0 bridgehead atoms. The minimum absolute atomic E-state index is 0.101. The maximum Gasteiger partial charge on any atom is 0.379 e. The van der Waals surface area contributed by atoms with Gasteiger partial charge in [0.1, 0.15) is 11.5 Å². The van der Waals surface area contributed by atoms with E-state index in [1.54, 1.807) is 48.5 Å². The monoisotopic (exact) mass is 476 g/mol. The van der Waals surface area contributed by atoms with Gasteiger partial charge in [-0.2, -0.15) is 5.10 Å². The van der Waals surface area contributed by atoms with Gasteiger partial charge in [-0.25, -0.2) is 10.2 Å². The molecule has 0 atom stereocenters. The number of halogens is 2. The van der Waals surface area contributed by atoms with Crippen molar-refractivity contribution in [2.24, 2.45) is 5.10 Å². The molecule has 148 valence electrons. The first-order chi connectivity index (χ1) is 14.0. The quantitative estimate of drug-likeness (QED) is 0.235. The second-order valence-corrected chi connectivity index (χ2v) is 6.89. The van der Waals surface area contributed by atoms with Gasteiger partial charge in [-0.05, 0) is 64.0 Å². The Hall–Kier alpha value is -3.10. The average Bonchev–Trinajstić information content (AvgIpc) is 3.23. The third-order valence-corrected chi connectivity index (χ3v) is 4.30. The molecule has 0 saturated carbocycles. The van der Waals surface area contributed by atoms with Crippen molar-refractivity contribution in [2.75, 3.05) is 6.61 Å². The van der Waals surface area contributed by atoms with Gasteiger partial charge in [-0.3, -0.25) is 4.79 Å². The van der Waals surface area contributed by atoms with Crippen molar-refractivity contribution >= 4 is 45.6 Å². The molecule has 0 aliphatic heterocycles. The van der Waals surface area contributed by atoms with Crippen molar-refractivity contribution in [1.82, 2.24) is 5.43 Å². The number of nitrogens with zero attached hydrogens (tertiary/aromatic N) is 1. The third kappa shape index (κ3) is 6.20. The molecule has 29 heavy (non-hydrogen) atoms. The fourth-order valence-electron chi connectivity index (χ4n) is 2.16. The number of rotatable bonds is 7. The number of benzene rings is 2. The lowest BCUT2D eigenvalue weighted by Crippen LogP contribution is -2.24. The highest BCUT2D eigenvalue weighted by Gasteiger charge is 2.11. The number of nitrogens with one attached hydrogen (secondary N) is 1. The maximum absolute atomic E-state index is 11.9. The van der Waals surface area contributed by atoms with Gasteiger partial charge >= 0.3 is 5.97 Å². The van der Waals surface area contributed by atoms with E-state index in [1.807, 2.05) is 0 Å². The number of hydrogen-bond acceptors (Lipinski definition) is 6. The van der Waals surface area contributed by atoms with Gasteiger partial charge in [-0.15, -0.1) is 0 Å². The van der Waals surface area contributed by atoms with Gasteiger partial charge in [0.15, 0.2) is 6.61 Å². The highest BCUT2D eigenvalue weighted by atomic mass is 79.9. The Labute approximate surface area is 179 Å². The average molecular weight is 478 g/mol. The van der Waals surface area contributed by atoms with E-state index in [1.165, 1.54) is 18.5 Å². The summed E-state index contributed by atoms with van der Waals surface area (Å²) in [5.74, 6) is -0.146. The molecule has 0 fully saturated rings. The smallest absolute Gasteiger partial charge is 0.379 e. The minimum Gasteiger partial charge on any atom is -0.483 e. The molecule has 0 spiro atoms. The SMILES string of the molecule is O=C(COc1ccc(Cl)cc1Br)N/N=C\c1cccc(OC(=O)c2ccco2)c1. The van der Waals surface area contributed by atoms with Gasteiger partial charge in [0, 0.05) is 5.02 Å². The van der Waals surface area contributed by atoms with Crippen molar-refractivity contribution in [2.45, 2.75) is 0 Å².